The number of carbonyl (C=O) groups is 2. The first-order valence-electron chi connectivity index (χ1n) is 10.7. The van der Waals surface area contributed by atoms with Crippen LogP contribution < -0.4 is 14.8 Å². The van der Waals surface area contributed by atoms with E-state index in [9.17, 15) is 9.59 Å². The smallest absolute Gasteiger partial charge is 0.257 e. The molecule has 8 heteroatoms. The summed E-state index contributed by atoms with van der Waals surface area (Å²) < 4.78 is 11.7. The van der Waals surface area contributed by atoms with Gasteiger partial charge in [0.1, 0.15) is 5.60 Å². The molecule has 1 aromatic carbocycles. The second kappa shape index (κ2) is 9.28. The summed E-state index contributed by atoms with van der Waals surface area (Å²) in [5, 5.41) is 6.73. The summed E-state index contributed by atoms with van der Waals surface area (Å²) in [7, 11) is 0. The Labute approximate surface area is 186 Å². The predicted molar refractivity (Wildman–Crippen MR) is 120 cm³/mol. The minimum Gasteiger partial charge on any atom is -0.483 e. The third-order valence-electron chi connectivity index (χ3n) is 5.59. The molecular weight excluding hydrogens is 414 g/mol. The van der Waals surface area contributed by atoms with Crippen molar-refractivity contribution in [1.82, 2.24) is 15.1 Å². The van der Waals surface area contributed by atoms with Crippen LogP contribution in [-0.4, -0.2) is 73.1 Å². The molecule has 2 aromatic rings. The number of benzene rings is 1. The molecule has 1 N–H and O–H groups in total. The van der Waals surface area contributed by atoms with Crippen LogP contribution in [-0.2, 0) is 11.2 Å². The molecule has 0 atom stereocenters. The Hall–Kier alpha value is -2.58. The highest BCUT2D eigenvalue weighted by Crippen LogP contribution is 2.41. The Morgan fingerprint density at radius 1 is 1.19 bits per heavy atom. The van der Waals surface area contributed by atoms with Crippen LogP contribution in [0.4, 0.5) is 0 Å². The molecule has 0 saturated carbocycles. The first-order chi connectivity index (χ1) is 14.9. The SMILES string of the molecule is CC1(C)Cc2cccc(OCC(=O)NCCN3CCN(C(=O)c4ccsc4)CC3)c2O1. The minimum atomic E-state index is -0.248. The number of nitrogens with zero attached hydrogens (tertiary/aromatic N) is 2. The molecular formula is C23H29N3O4S. The van der Waals surface area contributed by atoms with Gasteiger partial charge in [-0.3, -0.25) is 14.5 Å². The zero-order valence-corrected chi connectivity index (χ0v) is 18.9. The summed E-state index contributed by atoms with van der Waals surface area (Å²) in [4.78, 5) is 28.8. The highest BCUT2D eigenvalue weighted by molar-refractivity contribution is 7.08. The van der Waals surface area contributed by atoms with Crippen molar-refractivity contribution in [3.63, 3.8) is 0 Å². The Bertz CT molecular complexity index is 921. The van der Waals surface area contributed by atoms with Crippen LogP contribution in [0.15, 0.2) is 35.0 Å². The third-order valence-corrected chi connectivity index (χ3v) is 6.27. The number of rotatable bonds is 7. The summed E-state index contributed by atoms with van der Waals surface area (Å²) in [6.45, 7) is 8.40. The molecule has 0 radical (unpaired) electrons. The highest BCUT2D eigenvalue weighted by atomic mass is 32.1. The van der Waals surface area contributed by atoms with Gasteiger partial charge in [-0.15, -0.1) is 0 Å². The van der Waals surface area contributed by atoms with Crippen molar-refractivity contribution < 1.29 is 19.1 Å². The second-order valence-corrected chi connectivity index (χ2v) is 9.35. The van der Waals surface area contributed by atoms with Gasteiger partial charge in [-0.1, -0.05) is 12.1 Å². The maximum atomic E-state index is 12.4. The number of nitrogens with one attached hydrogen (secondary N) is 1. The maximum Gasteiger partial charge on any atom is 0.257 e. The van der Waals surface area contributed by atoms with Gasteiger partial charge in [0.2, 0.25) is 0 Å². The Kier molecular flexibility index (Phi) is 6.48. The number of hydrogen-bond acceptors (Lipinski definition) is 6. The maximum absolute atomic E-state index is 12.4. The number of hydrogen-bond donors (Lipinski definition) is 1. The molecule has 2 aliphatic rings. The van der Waals surface area contributed by atoms with E-state index in [1.807, 2.05) is 53.8 Å². The average molecular weight is 444 g/mol. The lowest BCUT2D eigenvalue weighted by Gasteiger charge is -2.34. The zero-order chi connectivity index (χ0) is 21.8. The fourth-order valence-corrected chi connectivity index (χ4v) is 4.62. The number of thiophene rings is 1. The van der Waals surface area contributed by atoms with Gasteiger partial charge in [-0.05, 0) is 31.4 Å². The molecule has 1 fully saturated rings. The van der Waals surface area contributed by atoms with Crippen LogP contribution in [0.25, 0.3) is 0 Å². The number of amides is 2. The standard InChI is InChI=1S/C23H29N3O4S/c1-23(2)14-17-4-3-5-19(21(17)30-23)29-15-20(27)24-7-8-25-9-11-26(12-10-25)22(28)18-6-13-31-16-18/h3-6,13,16H,7-12,14-15H2,1-2H3,(H,24,27). The van der Waals surface area contributed by atoms with Gasteiger partial charge in [0, 0.05) is 56.6 Å². The normalized spacial score (nSPS) is 17.7. The predicted octanol–water partition coefficient (Wildman–Crippen LogP) is 2.41. The van der Waals surface area contributed by atoms with Crippen molar-refractivity contribution in [3.05, 3.63) is 46.2 Å². The number of carbonyl (C=O) groups excluding carboxylic acids is 2. The molecule has 2 amide bonds. The Morgan fingerprint density at radius 2 is 2.00 bits per heavy atom. The average Bonchev–Trinajstić information content (AvgIpc) is 3.39. The van der Waals surface area contributed by atoms with Crippen LogP contribution in [0.5, 0.6) is 11.5 Å². The van der Waals surface area contributed by atoms with Gasteiger partial charge in [0.15, 0.2) is 18.1 Å². The van der Waals surface area contributed by atoms with Gasteiger partial charge in [-0.25, -0.2) is 0 Å². The number of ether oxygens (including phenoxy) is 2. The van der Waals surface area contributed by atoms with E-state index in [2.05, 4.69) is 10.2 Å². The van der Waals surface area contributed by atoms with Gasteiger partial charge >= 0.3 is 0 Å². The van der Waals surface area contributed by atoms with E-state index < -0.39 is 0 Å². The molecule has 166 valence electrons. The van der Waals surface area contributed by atoms with Crippen molar-refractivity contribution in [2.45, 2.75) is 25.9 Å². The second-order valence-electron chi connectivity index (χ2n) is 8.57. The molecule has 0 spiro atoms. The monoisotopic (exact) mass is 443 g/mol. The molecule has 0 unspecified atom stereocenters. The van der Waals surface area contributed by atoms with Crippen LogP contribution in [0.2, 0.25) is 0 Å². The zero-order valence-electron chi connectivity index (χ0n) is 18.1. The summed E-state index contributed by atoms with van der Waals surface area (Å²) in [6, 6.07) is 7.67. The van der Waals surface area contributed by atoms with E-state index in [1.165, 1.54) is 11.3 Å². The molecule has 1 saturated heterocycles. The molecule has 2 aliphatic heterocycles. The number of para-hydroxylation sites is 1. The fraction of sp³-hybridized carbons (Fsp3) is 0.478. The lowest BCUT2D eigenvalue weighted by Crippen LogP contribution is -2.50. The van der Waals surface area contributed by atoms with E-state index in [4.69, 9.17) is 9.47 Å². The lowest BCUT2D eigenvalue weighted by molar-refractivity contribution is -0.123. The number of fused-ring (bicyclic) bond motifs is 1. The molecule has 4 rings (SSSR count). The molecule has 1 aromatic heterocycles. The Morgan fingerprint density at radius 3 is 2.74 bits per heavy atom. The van der Waals surface area contributed by atoms with Gasteiger partial charge in [0.25, 0.3) is 11.8 Å². The van der Waals surface area contributed by atoms with Crippen LogP contribution in [0, 0.1) is 0 Å². The first-order valence-corrected chi connectivity index (χ1v) is 11.6. The summed E-state index contributed by atoms with van der Waals surface area (Å²) in [5.41, 5.74) is 1.63. The van der Waals surface area contributed by atoms with Crippen molar-refractivity contribution in [3.8, 4) is 11.5 Å². The summed E-state index contributed by atoms with van der Waals surface area (Å²) in [5.74, 6) is 1.31. The highest BCUT2D eigenvalue weighted by Gasteiger charge is 2.32. The third kappa shape index (κ3) is 5.37. The quantitative estimate of drug-likeness (QED) is 0.712. The molecule has 0 aliphatic carbocycles. The fourth-order valence-electron chi connectivity index (χ4n) is 3.99. The molecule has 7 nitrogen and oxygen atoms in total. The molecule has 3 heterocycles. The number of piperazine rings is 1. The van der Waals surface area contributed by atoms with Gasteiger partial charge in [0.05, 0.1) is 5.56 Å². The van der Waals surface area contributed by atoms with E-state index in [1.54, 1.807) is 0 Å². The van der Waals surface area contributed by atoms with Gasteiger partial charge in [-0.2, -0.15) is 11.3 Å². The van der Waals surface area contributed by atoms with E-state index >= 15 is 0 Å². The van der Waals surface area contributed by atoms with E-state index in [0.29, 0.717) is 25.4 Å². The van der Waals surface area contributed by atoms with Gasteiger partial charge < -0.3 is 19.7 Å². The minimum absolute atomic E-state index is 0.0385. The van der Waals surface area contributed by atoms with Crippen LogP contribution in [0.3, 0.4) is 0 Å². The largest absolute Gasteiger partial charge is 0.483 e. The molecule has 0 bridgehead atoms. The van der Waals surface area contributed by atoms with Crippen molar-refractivity contribution in [2.24, 2.45) is 0 Å². The molecule has 31 heavy (non-hydrogen) atoms. The van der Waals surface area contributed by atoms with Crippen molar-refractivity contribution in [2.75, 3.05) is 45.9 Å². The van der Waals surface area contributed by atoms with Crippen LogP contribution in [0.1, 0.15) is 29.8 Å². The van der Waals surface area contributed by atoms with E-state index in [-0.39, 0.29) is 24.0 Å². The van der Waals surface area contributed by atoms with E-state index in [0.717, 1.165) is 42.9 Å². The first kappa shape index (κ1) is 21.6. The summed E-state index contributed by atoms with van der Waals surface area (Å²) in [6.07, 6.45) is 0.831. The topological polar surface area (TPSA) is 71.1 Å². The summed E-state index contributed by atoms with van der Waals surface area (Å²) >= 11 is 1.54. The Balaban J connectivity index is 1.15. The van der Waals surface area contributed by atoms with Crippen molar-refractivity contribution >= 4 is 23.2 Å². The van der Waals surface area contributed by atoms with Crippen LogP contribution >= 0.6 is 11.3 Å². The lowest BCUT2D eigenvalue weighted by atomic mass is 10.0. The van der Waals surface area contributed by atoms with Crippen molar-refractivity contribution in [1.29, 1.82) is 0 Å².